The third kappa shape index (κ3) is 2.06. The number of aromatic nitrogens is 1. The largest absolute Gasteiger partial charge is 0.376 e. The van der Waals surface area contributed by atoms with Crippen LogP contribution in [0.1, 0.15) is 18.9 Å². The third-order valence-electron chi connectivity index (χ3n) is 3.61. The average Bonchev–Trinajstić information content (AvgIpc) is 2.76. The number of ether oxygens (including phenoxy) is 1. The summed E-state index contributed by atoms with van der Waals surface area (Å²) in [5, 5.41) is 4.71. The summed E-state index contributed by atoms with van der Waals surface area (Å²) in [6.45, 7) is 5.05. The van der Waals surface area contributed by atoms with Crippen LogP contribution in [0.2, 0.25) is 0 Å². The number of pyridine rings is 1. The highest BCUT2D eigenvalue weighted by molar-refractivity contribution is 5.81. The van der Waals surface area contributed by atoms with E-state index in [4.69, 9.17) is 9.72 Å². The Labute approximate surface area is 107 Å². The molecule has 2 unspecified atom stereocenters. The Bertz CT molecular complexity index is 567. The van der Waals surface area contributed by atoms with Gasteiger partial charge < -0.3 is 10.1 Å². The van der Waals surface area contributed by atoms with Gasteiger partial charge in [0, 0.05) is 12.0 Å². The summed E-state index contributed by atoms with van der Waals surface area (Å²) in [6.07, 6.45) is 1.31. The molecule has 0 amide bonds. The number of para-hydroxylation sites is 1. The standard InChI is InChI=1S/C15H18N2O/c1-10-9-12-5-3-4-6-14(12)17-15(10)16-13-7-8-18-11(13)2/h3-6,9,11,13H,7-8H2,1-2H3,(H,16,17). The number of hydrogen-bond acceptors (Lipinski definition) is 3. The fourth-order valence-corrected chi connectivity index (χ4v) is 2.46. The molecule has 1 aromatic carbocycles. The smallest absolute Gasteiger partial charge is 0.129 e. The van der Waals surface area contributed by atoms with Gasteiger partial charge in [-0.1, -0.05) is 18.2 Å². The lowest BCUT2D eigenvalue weighted by Crippen LogP contribution is -2.27. The van der Waals surface area contributed by atoms with Crippen molar-refractivity contribution in [3.05, 3.63) is 35.9 Å². The third-order valence-corrected chi connectivity index (χ3v) is 3.61. The van der Waals surface area contributed by atoms with Gasteiger partial charge in [-0.3, -0.25) is 0 Å². The van der Waals surface area contributed by atoms with E-state index < -0.39 is 0 Å². The summed E-state index contributed by atoms with van der Waals surface area (Å²) >= 11 is 0. The van der Waals surface area contributed by atoms with Crippen molar-refractivity contribution in [2.75, 3.05) is 11.9 Å². The van der Waals surface area contributed by atoms with Gasteiger partial charge >= 0.3 is 0 Å². The Morgan fingerprint density at radius 1 is 1.33 bits per heavy atom. The molecule has 3 nitrogen and oxygen atoms in total. The van der Waals surface area contributed by atoms with E-state index in [1.54, 1.807) is 0 Å². The molecule has 3 rings (SSSR count). The lowest BCUT2D eigenvalue weighted by molar-refractivity contribution is 0.121. The van der Waals surface area contributed by atoms with Gasteiger partial charge in [-0.05, 0) is 38.0 Å². The van der Waals surface area contributed by atoms with Crippen molar-refractivity contribution < 1.29 is 4.74 Å². The number of nitrogens with zero attached hydrogens (tertiary/aromatic N) is 1. The van der Waals surface area contributed by atoms with Gasteiger partial charge in [0.1, 0.15) is 5.82 Å². The topological polar surface area (TPSA) is 34.2 Å². The van der Waals surface area contributed by atoms with Crippen LogP contribution in [0.5, 0.6) is 0 Å². The van der Waals surface area contributed by atoms with Gasteiger partial charge in [-0.25, -0.2) is 4.98 Å². The zero-order chi connectivity index (χ0) is 12.5. The van der Waals surface area contributed by atoms with Crippen LogP contribution in [0.15, 0.2) is 30.3 Å². The second kappa shape index (κ2) is 4.58. The van der Waals surface area contributed by atoms with Crippen LogP contribution in [-0.2, 0) is 4.74 Å². The molecule has 2 aromatic rings. The normalized spacial score (nSPS) is 23.4. The first-order chi connectivity index (χ1) is 8.74. The highest BCUT2D eigenvalue weighted by atomic mass is 16.5. The monoisotopic (exact) mass is 242 g/mol. The maximum absolute atomic E-state index is 5.57. The highest BCUT2D eigenvalue weighted by Crippen LogP contribution is 2.23. The summed E-state index contributed by atoms with van der Waals surface area (Å²) in [5.41, 5.74) is 2.23. The number of benzene rings is 1. The van der Waals surface area contributed by atoms with Crippen molar-refractivity contribution in [1.82, 2.24) is 4.98 Å². The minimum atomic E-state index is 0.262. The van der Waals surface area contributed by atoms with E-state index in [1.165, 1.54) is 10.9 Å². The summed E-state index contributed by atoms with van der Waals surface area (Å²) in [5.74, 6) is 0.982. The lowest BCUT2D eigenvalue weighted by Gasteiger charge is -2.18. The minimum Gasteiger partial charge on any atom is -0.376 e. The maximum Gasteiger partial charge on any atom is 0.129 e. The second-order valence-electron chi connectivity index (χ2n) is 4.96. The molecular formula is C15H18N2O. The van der Waals surface area contributed by atoms with Crippen molar-refractivity contribution in [1.29, 1.82) is 0 Å². The van der Waals surface area contributed by atoms with Gasteiger partial charge in [0.05, 0.1) is 17.7 Å². The van der Waals surface area contributed by atoms with Crippen molar-refractivity contribution in [2.24, 2.45) is 0 Å². The van der Waals surface area contributed by atoms with Crippen LogP contribution in [0.4, 0.5) is 5.82 Å². The molecule has 2 heterocycles. The van der Waals surface area contributed by atoms with E-state index in [9.17, 15) is 0 Å². The van der Waals surface area contributed by atoms with Crippen LogP contribution in [0, 0.1) is 6.92 Å². The van der Waals surface area contributed by atoms with Crippen molar-refractivity contribution in [3.8, 4) is 0 Å². The van der Waals surface area contributed by atoms with Crippen molar-refractivity contribution in [2.45, 2.75) is 32.4 Å². The Morgan fingerprint density at radius 3 is 2.94 bits per heavy atom. The first-order valence-corrected chi connectivity index (χ1v) is 6.48. The molecule has 1 aliphatic heterocycles. The average molecular weight is 242 g/mol. The summed E-state index contributed by atoms with van der Waals surface area (Å²) in [4.78, 5) is 4.71. The number of fused-ring (bicyclic) bond motifs is 1. The number of anilines is 1. The van der Waals surface area contributed by atoms with Gasteiger partial charge in [0.25, 0.3) is 0 Å². The van der Waals surface area contributed by atoms with E-state index in [1.807, 2.05) is 12.1 Å². The quantitative estimate of drug-likeness (QED) is 0.878. The van der Waals surface area contributed by atoms with Gasteiger partial charge in [-0.15, -0.1) is 0 Å². The Kier molecular flexibility index (Phi) is 2.92. The van der Waals surface area contributed by atoms with Crippen molar-refractivity contribution in [3.63, 3.8) is 0 Å². The fourth-order valence-electron chi connectivity index (χ4n) is 2.46. The first-order valence-electron chi connectivity index (χ1n) is 6.48. The van der Waals surface area contributed by atoms with Gasteiger partial charge in [0.2, 0.25) is 0 Å². The van der Waals surface area contributed by atoms with E-state index >= 15 is 0 Å². The van der Waals surface area contributed by atoms with E-state index in [0.29, 0.717) is 6.04 Å². The number of rotatable bonds is 2. The number of hydrogen-bond donors (Lipinski definition) is 1. The van der Waals surface area contributed by atoms with E-state index in [0.717, 1.165) is 24.4 Å². The predicted octanol–water partition coefficient (Wildman–Crippen LogP) is 3.13. The first kappa shape index (κ1) is 11.5. The molecule has 18 heavy (non-hydrogen) atoms. The minimum absolute atomic E-state index is 0.262. The van der Waals surface area contributed by atoms with Crippen LogP contribution in [0.3, 0.4) is 0 Å². The van der Waals surface area contributed by atoms with Crippen LogP contribution in [-0.4, -0.2) is 23.7 Å². The zero-order valence-corrected chi connectivity index (χ0v) is 10.8. The molecule has 0 radical (unpaired) electrons. The molecule has 3 heteroatoms. The molecule has 1 N–H and O–H groups in total. The second-order valence-corrected chi connectivity index (χ2v) is 4.96. The SMILES string of the molecule is Cc1cc2ccccc2nc1NC1CCOC1C. The molecule has 2 atom stereocenters. The van der Waals surface area contributed by atoms with E-state index in [-0.39, 0.29) is 6.10 Å². The lowest BCUT2D eigenvalue weighted by atomic mass is 10.1. The molecular weight excluding hydrogens is 224 g/mol. The molecule has 1 aliphatic rings. The Morgan fingerprint density at radius 2 is 2.17 bits per heavy atom. The molecule has 1 fully saturated rings. The van der Waals surface area contributed by atoms with Gasteiger partial charge in [-0.2, -0.15) is 0 Å². The number of aryl methyl sites for hydroxylation is 1. The Balaban J connectivity index is 1.93. The number of nitrogens with one attached hydrogen (secondary N) is 1. The van der Waals surface area contributed by atoms with Crippen molar-refractivity contribution >= 4 is 16.7 Å². The van der Waals surface area contributed by atoms with Crippen LogP contribution in [0.25, 0.3) is 10.9 Å². The summed E-state index contributed by atoms with van der Waals surface area (Å²) in [6, 6.07) is 10.8. The molecule has 0 bridgehead atoms. The molecule has 1 aromatic heterocycles. The molecule has 0 spiro atoms. The summed E-state index contributed by atoms with van der Waals surface area (Å²) in [7, 11) is 0. The zero-order valence-electron chi connectivity index (χ0n) is 10.8. The molecule has 94 valence electrons. The Hall–Kier alpha value is -1.61. The summed E-state index contributed by atoms with van der Waals surface area (Å²) < 4.78 is 5.57. The van der Waals surface area contributed by atoms with E-state index in [2.05, 4.69) is 37.4 Å². The molecule has 1 saturated heterocycles. The van der Waals surface area contributed by atoms with Crippen LogP contribution < -0.4 is 5.32 Å². The predicted molar refractivity (Wildman–Crippen MR) is 73.9 cm³/mol. The van der Waals surface area contributed by atoms with Crippen LogP contribution >= 0.6 is 0 Å². The van der Waals surface area contributed by atoms with Gasteiger partial charge in [0.15, 0.2) is 0 Å². The highest BCUT2D eigenvalue weighted by Gasteiger charge is 2.24. The molecule has 0 aliphatic carbocycles. The maximum atomic E-state index is 5.57. The molecule has 0 saturated carbocycles. The fraction of sp³-hybridized carbons (Fsp3) is 0.400.